The van der Waals surface area contributed by atoms with E-state index in [4.69, 9.17) is 11.5 Å². The molecule has 1 saturated heterocycles. The Kier molecular flexibility index (Phi) is 4.24. The van der Waals surface area contributed by atoms with Crippen molar-refractivity contribution < 1.29 is 9.59 Å². The third-order valence-electron chi connectivity index (χ3n) is 3.69. The molecule has 1 aliphatic rings. The highest BCUT2D eigenvalue weighted by atomic mass is 16.2. The van der Waals surface area contributed by atoms with Crippen molar-refractivity contribution in [3.8, 4) is 0 Å². The Bertz CT molecular complexity index is 530. The molecule has 1 atom stereocenters. The Balaban J connectivity index is 1.99. The molecule has 1 unspecified atom stereocenters. The predicted octanol–water partition coefficient (Wildman–Crippen LogP) is 0.465. The number of hydrogen-bond acceptors (Lipinski definition) is 4. The van der Waals surface area contributed by atoms with Gasteiger partial charge in [-0.05, 0) is 44.0 Å². The fourth-order valence-corrected chi connectivity index (χ4v) is 2.50. The van der Waals surface area contributed by atoms with E-state index in [0.29, 0.717) is 11.4 Å². The van der Waals surface area contributed by atoms with Crippen LogP contribution in [0.4, 0.5) is 11.4 Å². The summed E-state index contributed by atoms with van der Waals surface area (Å²) in [4.78, 5) is 25.2. The third kappa shape index (κ3) is 3.08. The second-order valence-electron chi connectivity index (χ2n) is 5.10. The normalized spacial score (nSPS) is 18.9. The zero-order valence-electron chi connectivity index (χ0n) is 11.6. The molecule has 1 aromatic rings. The van der Waals surface area contributed by atoms with Crippen LogP contribution in [-0.2, 0) is 9.59 Å². The van der Waals surface area contributed by atoms with Crippen LogP contribution in [0.2, 0.25) is 0 Å². The minimum absolute atomic E-state index is 0.160. The molecule has 5 N–H and O–H groups in total. The van der Waals surface area contributed by atoms with Crippen molar-refractivity contribution in [3.05, 3.63) is 23.8 Å². The quantitative estimate of drug-likeness (QED) is 0.695. The molecule has 6 nitrogen and oxygen atoms in total. The molecule has 6 heteroatoms. The van der Waals surface area contributed by atoms with Gasteiger partial charge in [-0.1, -0.05) is 6.07 Å². The van der Waals surface area contributed by atoms with Crippen molar-refractivity contribution in [2.45, 2.75) is 25.8 Å². The van der Waals surface area contributed by atoms with Crippen molar-refractivity contribution in [1.29, 1.82) is 0 Å². The van der Waals surface area contributed by atoms with Gasteiger partial charge in [-0.15, -0.1) is 0 Å². The van der Waals surface area contributed by atoms with Crippen LogP contribution in [0.15, 0.2) is 18.2 Å². The van der Waals surface area contributed by atoms with Crippen LogP contribution in [0.1, 0.15) is 18.4 Å². The Morgan fingerprint density at radius 3 is 2.90 bits per heavy atom. The molecule has 1 aromatic carbocycles. The molecule has 2 rings (SSSR count). The summed E-state index contributed by atoms with van der Waals surface area (Å²) in [5.41, 5.74) is 13.3. The molecule has 20 heavy (non-hydrogen) atoms. The third-order valence-corrected chi connectivity index (χ3v) is 3.69. The molecule has 0 saturated carbocycles. The summed E-state index contributed by atoms with van der Waals surface area (Å²) in [6.45, 7) is 2.74. The fraction of sp³-hybridized carbons (Fsp3) is 0.429. The molecule has 2 amide bonds. The molecule has 1 heterocycles. The first-order valence-corrected chi connectivity index (χ1v) is 6.67. The lowest BCUT2D eigenvalue weighted by Crippen LogP contribution is -2.43. The van der Waals surface area contributed by atoms with E-state index in [0.717, 1.165) is 24.9 Å². The van der Waals surface area contributed by atoms with Gasteiger partial charge in [0.05, 0.1) is 12.6 Å². The van der Waals surface area contributed by atoms with Crippen LogP contribution in [-0.4, -0.2) is 35.8 Å². The van der Waals surface area contributed by atoms with Gasteiger partial charge >= 0.3 is 0 Å². The van der Waals surface area contributed by atoms with E-state index in [1.54, 1.807) is 18.2 Å². The highest BCUT2D eigenvalue weighted by Crippen LogP contribution is 2.21. The standard InChI is InChI=1S/C14H20N4O2/c1-9-10(15)4-2-5-11(9)17-13(19)8-18-7-3-6-12(18)14(16)20/h2,4-5,12H,3,6-8,15H2,1H3,(H2,16,20)(H,17,19). The fourth-order valence-electron chi connectivity index (χ4n) is 2.50. The molecule has 0 radical (unpaired) electrons. The largest absolute Gasteiger partial charge is 0.398 e. The molecule has 0 aromatic heterocycles. The topological polar surface area (TPSA) is 101 Å². The summed E-state index contributed by atoms with van der Waals surface area (Å²) in [6, 6.07) is 5.05. The lowest BCUT2D eigenvalue weighted by molar-refractivity contribution is -0.123. The molecule has 0 aliphatic carbocycles. The van der Waals surface area contributed by atoms with Crippen LogP contribution in [0, 0.1) is 6.92 Å². The zero-order valence-corrected chi connectivity index (χ0v) is 11.6. The summed E-state index contributed by atoms with van der Waals surface area (Å²) in [6.07, 6.45) is 1.61. The van der Waals surface area contributed by atoms with E-state index in [9.17, 15) is 9.59 Å². The maximum Gasteiger partial charge on any atom is 0.238 e. The van der Waals surface area contributed by atoms with Crippen molar-refractivity contribution in [3.63, 3.8) is 0 Å². The SMILES string of the molecule is Cc1c(N)cccc1NC(=O)CN1CCCC1C(N)=O. The number of hydrogen-bond donors (Lipinski definition) is 3. The van der Waals surface area contributed by atoms with Gasteiger partial charge in [0.1, 0.15) is 0 Å². The first kappa shape index (κ1) is 14.3. The van der Waals surface area contributed by atoms with Gasteiger partial charge in [0, 0.05) is 11.4 Å². The average molecular weight is 276 g/mol. The second-order valence-corrected chi connectivity index (χ2v) is 5.10. The van der Waals surface area contributed by atoms with Crippen LogP contribution in [0.5, 0.6) is 0 Å². The van der Waals surface area contributed by atoms with Crippen molar-refractivity contribution in [2.24, 2.45) is 5.73 Å². The molecule has 0 spiro atoms. The number of nitrogens with one attached hydrogen (secondary N) is 1. The van der Waals surface area contributed by atoms with Gasteiger partial charge in [-0.25, -0.2) is 0 Å². The lowest BCUT2D eigenvalue weighted by Gasteiger charge is -2.21. The van der Waals surface area contributed by atoms with E-state index in [1.807, 2.05) is 11.8 Å². The number of rotatable bonds is 4. The number of nitrogens with two attached hydrogens (primary N) is 2. The van der Waals surface area contributed by atoms with Gasteiger partial charge in [0.25, 0.3) is 0 Å². The van der Waals surface area contributed by atoms with Crippen molar-refractivity contribution >= 4 is 23.2 Å². The van der Waals surface area contributed by atoms with E-state index >= 15 is 0 Å². The van der Waals surface area contributed by atoms with Crippen molar-refractivity contribution in [1.82, 2.24) is 4.90 Å². The van der Waals surface area contributed by atoms with E-state index in [1.165, 1.54) is 0 Å². The van der Waals surface area contributed by atoms with Gasteiger partial charge in [-0.2, -0.15) is 0 Å². The Morgan fingerprint density at radius 2 is 2.20 bits per heavy atom. The Labute approximate surface area is 118 Å². The van der Waals surface area contributed by atoms with Crippen LogP contribution >= 0.6 is 0 Å². The maximum atomic E-state index is 12.1. The van der Waals surface area contributed by atoms with E-state index in [2.05, 4.69) is 5.32 Å². The van der Waals surface area contributed by atoms with Gasteiger partial charge in [0.15, 0.2) is 0 Å². The van der Waals surface area contributed by atoms with Gasteiger partial charge in [-0.3, -0.25) is 14.5 Å². The molecular weight excluding hydrogens is 256 g/mol. The minimum Gasteiger partial charge on any atom is -0.398 e. The molecule has 108 valence electrons. The van der Waals surface area contributed by atoms with E-state index < -0.39 is 0 Å². The maximum absolute atomic E-state index is 12.1. The summed E-state index contributed by atoms with van der Waals surface area (Å²) in [5.74, 6) is -0.526. The second kappa shape index (κ2) is 5.92. The monoisotopic (exact) mass is 276 g/mol. The number of primary amides is 1. The highest BCUT2D eigenvalue weighted by Gasteiger charge is 2.30. The smallest absolute Gasteiger partial charge is 0.238 e. The number of benzene rings is 1. The molecular formula is C14H20N4O2. The number of nitrogens with zero attached hydrogens (tertiary/aromatic N) is 1. The number of nitrogen functional groups attached to an aromatic ring is 1. The molecule has 0 bridgehead atoms. The van der Waals surface area contributed by atoms with Crippen molar-refractivity contribution in [2.75, 3.05) is 24.1 Å². The summed E-state index contributed by atoms with van der Waals surface area (Å²) in [7, 11) is 0. The summed E-state index contributed by atoms with van der Waals surface area (Å²) >= 11 is 0. The zero-order chi connectivity index (χ0) is 14.7. The number of likely N-dealkylation sites (tertiary alicyclic amines) is 1. The van der Waals surface area contributed by atoms with Gasteiger partial charge in [0.2, 0.25) is 11.8 Å². The van der Waals surface area contributed by atoms with Crippen LogP contribution < -0.4 is 16.8 Å². The minimum atomic E-state index is -0.365. The molecule has 1 aliphatic heterocycles. The summed E-state index contributed by atoms with van der Waals surface area (Å²) in [5, 5.41) is 2.82. The summed E-state index contributed by atoms with van der Waals surface area (Å²) < 4.78 is 0. The number of anilines is 2. The van der Waals surface area contributed by atoms with Crippen LogP contribution in [0.25, 0.3) is 0 Å². The van der Waals surface area contributed by atoms with Crippen LogP contribution in [0.3, 0.4) is 0 Å². The number of carbonyl (C=O) groups excluding carboxylic acids is 2. The predicted molar refractivity (Wildman–Crippen MR) is 78.0 cm³/mol. The number of amides is 2. The van der Waals surface area contributed by atoms with E-state index in [-0.39, 0.29) is 24.4 Å². The first-order chi connectivity index (χ1) is 9.49. The van der Waals surface area contributed by atoms with Gasteiger partial charge < -0.3 is 16.8 Å². The average Bonchev–Trinajstić information content (AvgIpc) is 2.83. The number of carbonyl (C=O) groups is 2. The highest BCUT2D eigenvalue weighted by molar-refractivity contribution is 5.94. The first-order valence-electron chi connectivity index (χ1n) is 6.67. The lowest BCUT2D eigenvalue weighted by atomic mass is 10.1. The molecule has 1 fully saturated rings. The Morgan fingerprint density at radius 1 is 1.45 bits per heavy atom. The Hall–Kier alpha value is -2.08.